The molecule has 0 bridgehead atoms. The van der Waals surface area contributed by atoms with Gasteiger partial charge in [-0.2, -0.15) is 0 Å². The van der Waals surface area contributed by atoms with Gasteiger partial charge in [0, 0.05) is 0 Å². The van der Waals surface area contributed by atoms with Crippen molar-refractivity contribution in [3.63, 3.8) is 0 Å². The molecule has 0 saturated heterocycles. The van der Waals surface area contributed by atoms with Crippen molar-refractivity contribution in [1.29, 1.82) is 0 Å². The maximum absolute atomic E-state index is 9.12. The van der Waals surface area contributed by atoms with Gasteiger partial charge in [-0.25, -0.2) is 15.0 Å². The molecule has 0 spiro atoms. The summed E-state index contributed by atoms with van der Waals surface area (Å²) in [6.07, 6.45) is 6.77. The van der Waals surface area contributed by atoms with Crippen molar-refractivity contribution in [1.82, 2.24) is 19.5 Å². The second kappa shape index (κ2) is 5.97. The molecule has 2 aromatic heterocycles. The summed E-state index contributed by atoms with van der Waals surface area (Å²) >= 11 is 1.71. The monoisotopic (exact) mass is 252 g/mol. The summed E-state index contributed by atoms with van der Waals surface area (Å²) in [6.45, 7) is 2.09. The molecular formula is C11H16N4OS. The molecule has 1 N–H and O–H groups in total. The van der Waals surface area contributed by atoms with E-state index >= 15 is 0 Å². The highest BCUT2D eigenvalue weighted by Gasteiger charge is 2.09. The molecule has 0 aromatic carbocycles. The minimum Gasteiger partial charge on any atom is -0.376 e. The smallest absolute Gasteiger partial charge is 0.166 e. The van der Waals surface area contributed by atoms with Crippen LogP contribution in [0.5, 0.6) is 0 Å². The second-order valence-corrected chi connectivity index (χ2v) is 4.85. The van der Waals surface area contributed by atoms with Crippen LogP contribution in [0.2, 0.25) is 0 Å². The van der Waals surface area contributed by atoms with E-state index in [1.807, 2.05) is 0 Å². The third-order valence-corrected chi connectivity index (χ3v) is 3.57. The number of unbranched alkanes of at least 4 members (excludes halogenated alkanes) is 2. The Morgan fingerprint density at radius 1 is 1.29 bits per heavy atom. The van der Waals surface area contributed by atoms with E-state index in [1.54, 1.807) is 22.7 Å². The number of fused-ring (bicyclic) bond motifs is 1. The number of thioether (sulfide) groups is 1. The van der Waals surface area contributed by atoms with Crippen molar-refractivity contribution in [3.8, 4) is 0 Å². The summed E-state index contributed by atoms with van der Waals surface area (Å²) in [5.41, 5.74) is 1.48. The lowest BCUT2D eigenvalue weighted by Gasteiger charge is -2.01. The SMILES string of the molecule is CCCCCSc1ncnc2c1ncn2CO. The number of nitrogens with zero attached hydrogens (tertiary/aromatic N) is 4. The van der Waals surface area contributed by atoms with Gasteiger partial charge in [0.2, 0.25) is 0 Å². The zero-order valence-corrected chi connectivity index (χ0v) is 10.7. The van der Waals surface area contributed by atoms with E-state index in [9.17, 15) is 0 Å². The topological polar surface area (TPSA) is 63.8 Å². The third kappa shape index (κ3) is 2.76. The molecule has 5 nitrogen and oxygen atoms in total. The zero-order valence-electron chi connectivity index (χ0n) is 9.83. The molecule has 17 heavy (non-hydrogen) atoms. The number of hydrogen-bond acceptors (Lipinski definition) is 5. The molecule has 2 aromatic rings. The van der Waals surface area contributed by atoms with Crippen LogP contribution >= 0.6 is 11.8 Å². The molecule has 0 saturated carbocycles. The van der Waals surface area contributed by atoms with Crippen molar-refractivity contribution in [2.75, 3.05) is 5.75 Å². The van der Waals surface area contributed by atoms with Gasteiger partial charge in [-0.05, 0) is 12.2 Å². The summed E-state index contributed by atoms with van der Waals surface area (Å²) in [5.74, 6) is 1.05. The Morgan fingerprint density at radius 2 is 2.18 bits per heavy atom. The van der Waals surface area contributed by atoms with E-state index in [4.69, 9.17) is 5.11 Å². The lowest BCUT2D eigenvalue weighted by atomic mass is 10.3. The minimum atomic E-state index is -0.104. The van der Waals surface area contributed by atoms with E-state index in [2.05, 4.69) is 21.9 Å². The fraction of sp³-hybridized carbons (Fsp3) is 0.545. The first-order valence-electron chi connectivity index (χ1n) is 5.76. The lowest BCUT2D eigenvalue weighted by molar-refractivity contribution is 0.214. The third-order valence-electron chi connectivity index (χ3n) is 2.51. The Kier molecular flexibility index (Phi) is 4.33. The first-order chi connectivity index (χ1) is 8.36. The van der Waals surface area contributed by atoms with E-state index in [1.165, 1.54) is 25.6 Å². The van der Waals surface area contributed by atoms with Gasteiger partial charge < -0.3 is 5.11 Å². The highest BCUT2D eigenvalue weighted by atomic mass is 32.2. The normalized spacial score (nSPS) is 11.2. The summed E-state index contributed by atoms with van der Waals surface area (Å²) in [6, 6.07) is 0. The van der Waals surface area contributed by atoms with Gasteiger partial charge in [0.1, 0.15) is 23.6 Å². The Morgan fingerprint density at radius 3 is 2.94 bits per heavy atom. The van der Waals surface area contributed by atoms with Crippen molar-refractivity contribution in [2.45, 2.75) is 37.9 Å². The van der Waals surface area contributed by atoms with Gasteiger partial charge in [0.15, 0.2) is 5.65 Å². The van der Waals surface area contributed by atoms with Crippen molar-refractivity contribution in [2.24, 2.45) is 0 Å². The van der Waals surface area contributed by atoms with Crippen LogP contribution in [-0.4, -0.2) is 30.4 Å². The van der Waals surface area contributed by atoms with Crippen LogP contribution in [-0.2, 0) is 6.73 Å². The van der Waals surface area contributed by atoms with Crippen molar-refractivity contribution >= 4 is 22.9 Å². The minimum absolute atomic E-state index is 0.104. The van der Waals surface area contributed by atoms with E-state index in [0.717, 1.165) is 16.3 Å². The van der Waals surface area contributed by atoms with Crippen LogP contribution in [0.3, 0.4) is 0 Å². The van der Waals surface area contributed by atoms with Crippen molar-refractivity contribution < 1.29 is 5.11 Å². The summed E-state index contributed by atoms with van der Waals surface area (Å²) in [4.78, 5) is 12.6. The van der Waals surface area contributed by atoms with E-state index in [-0.39, 0.29) is 6.73 Å². The fourth-order valence-corrected chi connectivity index (χ4v) is 2.53. The maximum atomic E-state index is 9.12. The molecular weight excluding hydrogens is 236 g/mol. The highest BCUT2D eigenvalue weighted by Crippen LogP contribution is 2.23. The quantitative estimate of drug-likeness (QED) is 0.484. The molecule has 2 heterocycles. The molecule has 2 rings (SSSR count). The molecule has 0 aliphatic carbocycles. The average molecular weight is 252 g/mol. The molecule has 0 fully saturated rings. The molecule has 0 amide bonds. The molecule has 0 aliphatic rings. The maximum Gasteiger partial charge on any atom is 0.166 e. The van der Waals surface area contributed by atoms with Gasteiger partial charge >= 0.3 is 0 Å². The molecule has 0 aliphatic heterocycles. The Labute approximate surface area is 104 Å². The van der Waals surface area contributed by atoms with Crippen LogP contribution in [0, 0.1) is 0 Å². The largest absolute Gasteiger partial charge is 0.376 e. The highest BCUT2D eigenvalue weighted by molar-refractivity contribution is 7.99. The molecule has 0 radical (unpaired) electrons. The van der Waals surface area contributed by atoms with Crippen molar-refractivity contribution in [3.05, 3.63) is 12.7 Å². The Hall–Kier alpha value is -1.14. The Balaban J connectivity index is 2.14. The summed E-state index contributed by atoms with van der Waals surface area (Å²) in [5, 5.41) is 10.0. The van der Waals surface area contributed by atoms with Crippen LogP contribution in [0.1, 0.15) is 26.2 Å². The predicted molar refractivity (Wildman–Crippen MR) is 67.8 cm³/mol. The van der Waals surface area contributed by atoms with E-state index in [0.29, 0.717) is 5.65 Å². The van der Waals surface area contributed by atoms with Gasteiger partial charge in [0.05, 0.1) is 6.33 Å². The van der Waals surface area contributed by atoms with Gasteiger partial charge in [-0.3, -0.25) is 4.57 Å². The average Bonchev–Trinajstić information content (AvgIpc) is 2.78. The van der Waals surface area contributed by atoms with Crippen LogP contribution in [0.15, 0.2) is 17.7 Å². The van der Waals surface area contributed by atoms with E-state index < -0.39 is 0 Å². The second-order valence-electron chi connectivity index (χ2n) is 3.76. The molecule has 0 atom stereocenters. The number of rotatable bonds is 6. The standard InChI is InChI=1S/C11H16N4OS/c1-2-3-4-5-17-11-9-10(12-6-13-11)15(8-16)7-14-9/h6-7,16H,2-5,8H2,1H3. The predicted octanol–water partition coefficient (Wildman–Crippen LogP) is 2.06. The number of aliphatic hydroxyl groups excluding tert-OH is 1. The fourth-order valence-electron chi connectivity index (χ4n) is 1.59. The first kappa shape index (κ1) is 12.3. The molecule has 0 unspecified atom stereocenters. The first-order valence-corrected chi connectivity index (χ1v) is 6.75. The van der Waals surface area contributed by atoms with Crippen LogP contribution in [0.25, 0.3) is 11.2 Å². The zero-order chi connectivity index (χ0) is 12.1. The van der Waals surface area contributed by atoms with Gasteiger partial charge in [-0.1, -0.05) is 19.8 Å². The number of imidazole rings is 1. The van der Waals surface area contributed by atoms with Crippen LogP contribution < -0.4 is 0 Å². The number of aromatic nitrogens is 4. The number of aliphatic hydroxyl groups is 1. The Bertz CT molecular complexity index is 485. The molecule has 6 heteroatoms. The summed E-state index contributed by atoms with van der Waals surface area (Å²) in [7, 11) is 0. The van der Waals surface area contributed by atoms with Gasteiger partial charge in [-0.15, -0.1) is 11.8 Å². The lowest BCUT2D eigenvalue weighted by Crippen LogP contribution is -1.96. The number of hydrogen-bond donors (Lipinski definition) is 1. The summed E-state index contributed by atoms with van der Waals surface area (Å²) < 4.78 is 1.60. The molecule has 92 valence electrons. The van der Waals surface area contributed by atoms with Crippen LogP contribution in [0.4, 0.5) is 0 Å². The van der Waals surface area contributed by atoms with Gasteiger partial charge in [0.25, 0.3) is 0 Å².